The summed E-state index contributed by atoms with van der Waals surface area (Å²) in [5, 5.41) is 17.4. The smallest absolute Gasteiger partial charge is 0.0957 e. The fourth-order valence-electron chi connectivity index (χ4n) is 0.661. The topological polar surface area (TPSA) is 43.7 Å². The van der Waals surface area contributed by atoms with E-state index < -0.39 is 0 Å². The highest BCUT2D eigenvalue weighted by Crippen LogP contribution is 1.88. The zero-order valence-corrected chi connectivity index (χ0v) is 6.04. The average molecular weight is 133 g/mol. The molecule has 0 heterocycles. The Morgan fingerprint density at radius 3 is 2.22 bits per heavy atom. The maximum Gasteiger partial charge on any atom is 0.0957 e. The highest BCUT2D eigenvalue weighted by molar-refractivity contribution is 4.53. The third-order valence-corrected chi connectivity index (χ3v) is 1.17. The Morgan fingerprint density at radius 2 is 2.11 bits per heavy atom. The van der Waals surface area contributed by atoms with E-state index in [1.54, 1.807) is 11.8 Å². The molecule has 0 bridgehead atoms. The molecule has 0 aliphatic rings. The molecule has 3 nitrogen and oxygen atoms in total. The molecule has 0 aromatic rings. The monoisotopic (exact) mass is 133 g/mol. The molecule has 0 fully saturated rings. The van der Waals surface area contributed by atoms with Crippen molar-refractivity contribution < 1.29 is 10.2 Å². The van der Waals surface area contributed by atoms with Crippen LogP contribution in [0.2, 0.25) is 0 Å². The van der Waals surface area contributed by atoms with Gasteiger partial charge in [-0.15, -0.1) is 0 Å². The lowest BCUT2D eigenvalue weighted by Gasteiger charge is -2.17. The van der Waals surface area contributed by atoms with Gasteiger partial charge in [0.1, 0.15) is 0 Å². The second-order valence-corrected chi connectivity index (χ2v) is 2.16. The normalized spacial score (nSPS) is 14.3. The van der Waals surface area contributed by atoms with Gasteiger partial charge in [-0.1, -0.05) is 6.92 Å². The first-order valence-corrected chi connectivity index (χ1v) is 3.22. The van der Waals surface area contributed by atoms with Gasteiger partial charge in [-0.25, -0.2) is 0 Å². The summed E-state index contributed by atoms with van der Waals surface area (Å²) in [6.07, 6.45) is -0.350. The van der Waals surface area contributed by atoms with Gasteiger partial charge in [-0.2, -0.15) is 0 Å². The Kier molecular flexibility index (Phi) is 4.67. The molecule has 0 saturated carbocycles. The van der Waals surface area contributed by atoms with Crippen LogP contribution in [0.1, 0.15) is 13.8 Å². The maximum atomic E-state index is 8.83. The third-order valence-electron chi connectivity index (χ3n) is 1.17. The third kappa shape index (κ3) is 4.39. The number of hydrogen-bond acceptors (Lipinski definition) is 3. The molecule has 0 rings (SSSR count). The van der Waals surface area contributed by atoms with Gasteiger partial charge in [0.05, 0.1) is 12.8 Å². The molecule has 9 heavy (non-hydrogen) atoms. The maximum absolute atomic E-state index is 8.83. The number of hydrogen-bond donors (Lipinski definition) is 2. The molecule has 2 N–H and O–H groups in total. The van der Waals surface area contributed by atoms with Crippen LogP contribution < -0.4 is 0 Å². The van der Waals surface area contributed by atoms with Crippen LogP contribution >= 0.6 is 0 Å². The van der Waals surface area contributed by atoms with Gasteiger partial charge in [0, 0.05) is 6.54 Å². The molecule has 0 aliphatic carbocycles. The van der Waals surface area contributed by atoms with E-state index in [0.717, 1.165) is 6.54 Å². The van der Waals surface area contributed by atoms with Gasteiger partial charge < -0.3 is 10.2 Å². The quantitative estimate of drug-likeness (QED) is 0.515. The van der Waals surface area contributed by atoms with Crippen molar-refractivity contribution in [1.82, 2.24) is 4.90 Å². The Hall–Kier alpha value is -0.120. The Morgan fingerprint density at radius 1 is 1.56 bits per heavy atom. The molecule has 0 aromatic carbocycles. The van der Waals surface area contributed by atoms with Crippen molar-refractivity contribution in [3.8, 4) is 0 Å². The molecule has 0 saturated heterocycles. The molecule has 1 unspecified atom stereocenters. The van der Waals surface area contributed by atoms with Gasteiger partial charge >= 0.3 is 0 Å². The van der Waals surface area contributed by atoms with Gasteiger partial charge in [0.2, 0.25) is 0 Å². The van der Waals surface area contributed by atoms with Gasteiger partial charge in [0.15, 0.2) is 0 Å². The van der Waals surface area contributed by atoms with E-state index in [4.69, 9.17) is 10.2 Å². The first-order chi connectivity index (χ1) is 4.20. The van der Waals surface area contributed by atoms with Crippen LogP contribution in [0.15, 0.2) is 0 Å². The van der Waals surface area contributed by atoms with E-state index >= 15 is 0 Å². The minimum atomic E-state index is -0.350. The van der Waals surface area contributed by atoms with E-state index in [1.165, 1.54) is 0 Å². The van der Waals surface area contributed by atoms with Crippen molar-refractivity contribution in [2.75, 3.05) is 19.8 Å². The SMILES string of the molecule is CCN(CO)CC(C)O. The van der Waals surface area contributed by atoms with Crippen molar-refractivity contribution in [3.63, 3.8) is 0 Å². The molecule has 56 valence electrons. The summed E-state index contributed by atoms with van der Waals surface area (Å²) in [5.74, 6) is 0. The van der Waals surface area contributed by atoms with E-state index in [-0.39, 0.29) is 12.8 Å². The minimum Gasteiger partial charge on any atom is -0.392 e. The first kappa shape index (κ1) is 8.88. The number of nitrogens with zero attached hydrogens (tertiary/aromatic N) is 1. The molecule has 0 aliphatic heterocycles. The number of rotatable bonds is 4. The second kappa shape index (κ2) is 4.73. The average Bonchev–Trinajstić information content (AvgIpc) is 1.82. The zero-order chi connectivity index (χ0) is 7.28. The number of aliphatic hydroxyl groups is 2. The van der Waals surface area contributed by atoms with Crippen LogP contribution in [0, 0.1) is 0 Å². The summed E-state index contributed by atoms with van der Waals surface area (Å²) in [4.78, 5) is 1.75. The lowest BCUT2D eigenvalue weighted by Crippen LogP contribution is -2.31. The summed E-state index contributed by atoms with van der Waals surface area (Å²) < 4.78 is 0. The standard InChI is InChI=1S/C6H15NO2/c1-3-7(5-8)4-6(2)9/h6,8-9H,3-5H2,1-2H3. The van der Waals surface area contributed by atoms with Crippen molar-refractivity contribution >= 4 is 0 Å². The summed E-state index contributed by atoms with van der Waals surface area (Å²) in [5.41, 5.74) is 0. The van der Waals surface area contributed by atoms with Crippen molar-refractivity contribution in [2.45, 2.75) is 20.0 Å². The summed E-state index contributed by atoms with van der Waals surface area (Å²) in [7, 11) is 0. The van der Waals surface area contributed by atoms with Gasteiger partial charge in [0.25, 0.3) is 0 Å². The highest BCUT2D eigenvalue weighted by atomic mass is 16.3. The van der Waals surface area contributed by atoms with Crippen LogP contribution in [-0.2, 0) is 0 Å². The van der Waals surface area contributed by atoms with E-state index in [9.17, 15) is 0 Å². The van der Waals surface area contributed by atoms with Crippen LogP contribution in [-0.4, -0.2) is 41.0 Å². The molecular weight excluding hydrogens is 118 g/mol. The molecule has 0 amide bonds. The second-order valence-electron chi connectivity index (χ2n) is 2.16. The lowest BCUT2D eigenvalue weighted by molar-refractivity contribution is 0.0631. The molecule has 0 aromatic heterocycles. The van der Waals surface area contributed by atoms with E-state index in [1.807, 2.05) is 6.92 Å². The molecule has 3 heteroatoms. The van der Waals surface area contributed by atoms with Gasteiger partial charge in [-0.3, -0.25) is 4.90 Å². The van der Waals surface area contributed by atoms with Crippen LogP contribution in [0.5, 0.6) is 0 Å². The minimum absolute atomic E-state index is 0.0292. The van der Waals surface area contributed by atoms with E-state index in [2.05, 4.69) is 0 Å². The van der Waals surface area contributed by atoms with Crippen molar-refractivity contribution in [1.29, 1.82) is 0 Å². The first-order valence-electron chi connectivity index (χ1n) is 3.22. The predicted molar refractivity (Wildman–Crippen MR) is 36.0 cm³/mol. The summed E-state index contributed by atoms with van der Waals surface area (Å²) >= 11 is 0. The molecule has 1 atom stereocenters. The fraction of sp³-hybridized carbons (Fsp3) is 1.00. The Bertz CT molecular complexity index is 62.1. The van der Waals surface area contributed by atoms with Gasteiger partial charge in [-0.05, 0) is 13.5 Å². The van der Waals surface area contributed by atoms with Crippen LogP contribution in [0.4, 0.5) is 0 Å². The fourth-order valence-corrected chi connectivity index (χ4v) is 0.661. The molecular formula is C6H15NO2. The van der Waals surface area contributed by atoms with Crippen molar-refractivity contribution in [2.24, 2.45) is 0 Å². The van der Waals surface area contributed by atoms with Crippen LogP contribution in [0.3, 0.4) is 0 Å². The summed E-state index contributed by atoms with van der Waals surface area (Å²) in [6, 6.07) is 0. The molecule has 0 spiro atoms. The van der Waals surface area contributed by atoms with Crippen molar-refractivity contribution in [3.05, 3.63) is 0 Å². The Balaban J connectivity index is 3.31. The highest BCUT2D eigenvalue weighted by Gasteiger charge is 2.02. The predicted octanol–water partition coefficient (Wildman–Crippen LogP) is -0.361. The van der Waals surface area contributed by atoms with E-state index in [0.29, 0.717) is 6.54 Å². The molecule has 0 radical (unpaired) electrons. The van der Waals surface area contributed by atoms with Crippen LogP contribution in [0.25, 0.3) is 0 Å². The lowest BCUT2D eigenvalue weighted by atomic mass is 10.4. The summed E-state index contributed by atoms with van der Waals surface area (Å²) in [6.45, 7) is 5.01. The Labute approximate surface area is 55.9 Å². The zero-order valence-electron chi connectivity index (χ0n) is 6.04. The number of aliphatic hydroxyl groups excluding tert-OH is 2. The number of likely N-dealkylation sites (N-methyl/N-ethyl adjacent to an activating group) is 1. The largest absolute Gasteiger partial charge is 0.392 e.